The quantitative estimate of drug-likeness (QED) is 0.781. The normalized spacial score (nSPS) is 15.4. The maximum atomic E-state index is 12.5. The number of ether oxygens (including phenoxy) is 1. The van der Waals surface area contributed by atoms with Crippen LogP contribution in [-0.4, -0.2) is 50.9 Å². The van der Waals surface area contributed by atoms with Crippen LogP contribution in [0.3, 0.4) is 0 Å². The first-order valence-corrected chi connectivity index (χ1v) is 9.68. The van der Waals surface area contributed by atoms with Crippen LogP contribution in [0.15, 0.2) is 29.2 Å². The van der Waals surface area contributed by atoms with Crippen LogP contribution in [-0.2, 0) is 14.8 Å². The van der Waals surface area contributed by atoms with Crippen molar-refractivity contribution in [3.05, 3.63) is 24.3 Å². The SMILES string of the molecule is CCNC(=O)NC(=O)COc1ccc(S(=O)(=O)N2CCCCC2)cc1. The van der Waals surface area contributed by atoms with Gasteiger partial charge in [0.2, 0.25) is 10.0 Å². The number of benzene rings is 1. The summed E-state index contributed by atoms with van der Waals surface area (Å²) >= 11 is 0. The van der Waals surface area contributed by atoms with E-state index in [0.717, 1.165) is 19.3 Å². The third-order valence-electron chi connectivity index (χ3n) is 3.74. The van der Waals surface area contributed by atoms with Crippen molar-refractivity contribution in [2.45, 2.75) is 31.1 Å². The topological polar surface area (TPSA) is 105 Å². The zero-order valence-corrected chi connectivity index (χ0v) is 15.0. The Bertz CT molecular complexity index is 697. The molecule has 0 aromatic heterocycles. The van der Waals surface area contributed by atoms with Crippen molar-refractivity contribution in [3.63, 3.8) is 0 Å². The van der Waals surface area contributed by atoms with Crippen molar-refractivity contribution >= 4 is 22.0 Å². The van der Waals surface area contributed by atoms with Crippen molar-refractivity contribution in [1.29, 1.82) is 0 Å². The Morgan fingerprint density at radius 2 is 1.76 bits per heavy atom. The summed E-state index contributed by atoms with van der Waals surface area (Å²) < 4.78 is 31.8. The summed E-state index contributed by atoms with van der Waals surface area (Å²) in [5, 5.41) is 4.55. The molecule has 1 fully saturated rings. The van der Waals surface area contributed by atoms with Crippen LogP contribution in [0.25, 0.3) is 0 Å². The Balaban J connectivity index is 1.91. The van der Waals surface area contributed by atoms with Gasteiger partial charge in [0.05, 0.1) is 4.90 Å². The zero-order chi connectivity index (χ0) is 18.3. The number of piperidine rings is 1. The van der Waals surface area contributed by atoms with Crippen molar-refractivity contribution < 1.29 is 22.7 Å². The van der Waals surface area contributed by atoms with Crippen LogP contribution >= 0.6 is 0 Å². The average Bonchev–Trinajstić information content (AvgIpc) is 2.61. The minimum absolute atomic E-state index is 0.202. The van der Waals surface area contributed by atoms with Crippen molar-refractivity contribution in [1.82, 2.24) is 14.9 Å². The molecule has 0 saturated carbocycles. The molecule has 0 aliphatic carbocycles. The molecular formula is C16H23N3O5S. The Kier molecular flexibility index (Phi) is 6.77. The number of imide groups is 1. The molecule has 0 atom stereocenters. The second kappa shape index (κ2) is 8.82. The molecule has 0 unspecified atom stereocenters. The molecule has 2 N–H and O–H groups in total. The van der Waals surface area contributed by atoms with E-state index in [1.165, 1.54) is 28.6 Å². The summed E-state index contributed by atoms with van der Waals surface area (Å²) in [4.78, 5) is 22.9. The first kappa shape index (κ1) is 19.2. The fourth-order valence-electron chi connectivity index (χ4n) is 2.48. The number of nitrogens with zero attached hydrogens (tertiary/aromatic N) is 1. The Labute approximate surface area is 147 Å². The summed E-state index contributed by atoms with van der Waals surface area (Å²) in [5.74, 6) is -0.236. The largest absolute Gasteiger partial charge is 0.484 e. The maximum Gasteiger partial charge on any atom is 0.321 e. The number of urea groups is 1. The van der Waals surface area contributed by atoms with E-state index in [4.69, 9.17) is 4.74 Å². The first-order valence-electron chi connectivity index (χ1n) is 8.24. The Hall–Kier alpha value is -2.13. The number of rotatable bonds is 6. The summed E-state index contributed by atoms with van der Waals surface area (Å²) in [6, 6.07) is 5.33. The molecular weight excluding hydrogens is 346 g/mol. The predicted octanol–water partition coefficient (Wildman–Crippen LogP) is 1.09. The molecule has 1 aliphatic heterocycles. The van der Waals surface area contributed by atoms with Crippen LogP contribution in [0.4, 0.5) is 4.79 Å². The van der Waals surface area contributed by atoms with Gasteiger partial charge in [0.1, 0.15) is 5.75 Å². The van der Waals surface area contributed by atoms with Crippen LogP contribution in [0.1, 0.15) is 26.2 Å². The average molecular weight is 369 g/mol. The van der Waals surface area contributed by atoms with E-state index in [-0.39, 0.29) is 11.5 Å². The molecule has 0 bridgehead atoms. The van der Waals surface area contributed by atoms with Gasteiger partial charge in [0.25, 0.3) is 5.91 Å². The van der Waals surface area contributed by atoms with Crippen LogP contribution in [0.5, 0.6) is 5.75 Å². The van der Waals surface area contributed by atoms with Crippen LogP contribution < -0.4 is 15.4 Å². The molecule has 1 heterocycles. The van der Waals surface area contributed by atoms with Gasteiger partial charge in [-0.15, -0.1) is 0 Å². The number of nitrogens with one attached hydrogen (secondary N) is 2. The van der Waals surface area contributed by atoms with E-state index in [0.29, 0.717) is 25.4 Å². The fourth-order valence-corrected chi connectivity index (χ4v) is 4.00. The molecule has 0 radical (unpaired) electrons. The zero-order valence-electron chi connectivity index (χ0n) is 14.2. The predicted molar refractivity (Wildman–Crippen MR) is 91.8 cm³/mol. The Morgan fingerprint density at radius 3 is 2.36 bits per heavy atom. The van der Waals surface area contributed by atoms with E-state index in [1.54, 1.807) is 6.92 Å². The monoisotopic (exact) mass is 369 g/mol. The minimum atomic E-state index is -3.49. The second-order valence-electron chi connectivity index (χ2n) is 5.63. The van der Waals surface area contributed by atoms with Gasteiger partial charge in [-0.2, -0.15) is 4.31 Å². The summed E-state index contributed by atoms with van der Waals surface area (Å²) in [5.41, 5.74) is 0. The lowest BCUT2D eigenvalue weighted by Gasteiger charge is -2.25. The number of hydrogen-bond acceptors (Lipinski definition) is 5. The number of amides is 3. The molecule has 1 saturated heterocycles. The molecule has 0 spiro atoms. The number of sulfonamides is 1. The molecule has 2 rings (SSSR count). The molecule has 3 amide bonds. The van der Waals surface area contributed by atoms with Crippen molar-refractivity contribution in [2.75, 3.05) is 26.2 Å². The lowest BCUT2D eigenvalue weighted by atomic mass is 10.2. The van der Waals surface area contributed by atoms with E-state index in [1.807, 2.05) is 0 Å². The third kappa shape index (κ3) is 5.43. The lowest BCUT2D eigenvalue weighted by molar-refractivity contribution is -0.122. The number of carbonyl (C=O) groups is 2. The number of hydrogen-bond donors (Lipinski definition) is 2. The molecule has 25 heavy (non-hydrogen) atoms. The highest BCUT2D eigenvalue weighted by Crippen LogP contribution is 2.22. The Morgan fingerprint density at radius 1 is 1.12 bits per heavy atom. The fraction of sp³-hybridized carbons (Fsp3) is 0.500. The highest BCUT2D eigenvalue weighted by Gasteiger charge is 2.25. The van der Waals surface area contributed by atoms with E-state index in [2.05, 4.69) is 10.6 Å². The van der Waals surface area contributed by atoms with Crippen molar-refractivity contribution in [2.24, 2.45) is 0 Å². The van der Waals surface area contributed by atoms with Crippen LogP contribution in [0.2, 0.25) is 0 Å². The lowest BCUT2D eigenvalue weighted by Crippen LogP contribution is -2.41. The van der Waals surface area contributed by atoms with Crippen molar-refractivity contribution in [3.8, 4) is 5.75 Å². The molecule has 1 aliphatic rings. The first-order chi connectivity index (χ1) is 11.9. The van der Waals surface area contributed by atoms with Gasteiger partial charge in [-0.25, -0.2) is 13.2 Å². The minimum Gasteiger partial charge on any atom is -0.484 e. The van der Waals surface area contributed by atoms with Gasteiger partial charge >= 0.3 is 6.03 Å². The summed E-state index contributed by atoms with van der Waals surface area (Å²) in [6.45, 7) is 2.89. The van der Waals surface area contributed by atoms with Gasteiger partial charge in [-0.3, -0.25) is 10.1 Å². The van der Waals surface area contributed by atoms with Gasteiger partial charge in [0, 0.05) is 19.6 Å². The highest BCUT2D eigenvalue weighted by molar-refractivity contribution is 7.89. The molecule has 138 valence electrons. The summed E-state index contributed by atoms with van der Waals surface area (Å²) in [7, 11) is -3.49. The molecule has 8 nitrogen and oxygen atoms in total. The number of carbonyl (C=O) groups excluding carboxylic acids is 2. The third-order valence-corrected chi connectivity index (χ3v) is 5.65. The molecule has 9 heteroatoms. The van der Waals surface area contributed by atoms with E-state index >= 15 is 0 Å². The van der Waals surface area contributed by atoms with Gasteiger partial charge < -0.3 is 10.1 Å². The maximum absolute atomic E-state index is 12.5. The van der Waals surface area contributed by atoms with Gasteiger partial charge in [0.15, 0.2) is 6.61 Å². The standard InChI is InChI=1S/C16H23N3O5S/c1-2-17-16(21)18-15(20)12-24-13-6-8-14(9-7-13)25(22,23)19-10-4-3-5-11-19/h6-9H,2-5,10-12H2,1H3,(H2,17,18,20,21). The second-order valence-corrected chi connectivity index (χ2v) is 7.57. The van der Waals surface area contributed by atoms with Gasteiger partial charge in [-0.05, 0) is 44.0 Å². The smallest absolute Gasteiger partial charge is 0.321 e. The van der Waals surface area contributed by atoms with E-state index < -0.39 is 22.0 Å². The van der Waals surface area contributed by atoms with Crippen LogP contribution in [0, 0.1) is 0 Å². The van der Waals surface area contributed by atoms with Gasteiger partial charge in [-0.1, -0.05) is 6.42 Å². The molecule has 1 aromatic rings. The highest BCUT2D eigenvalue weighted by atomic mass is 32.2. The van der Waals surface area contributed by atoms with E-state index in [9.17, 15) is 18.0 Å². The summed E-state index contributed by atoms with van der Waals surface area (Å²) in [6.07, 6.45) is 2.80. The molecule has 1 aromatic carbocycles.